The molecular formula is C40H52F3N5O10S. The number of fused-ring (bicyclic) bond motifs is 3. The molecule has 1 aromatic carbocycles. The van der Waals surface area contributed by atoms with Gasteiger partial charge in [0.15, 0.2) is 0 Å². The SMILES string of the molecule is COc1ccc2c(OC3CC4C(=O)NC5(C(=O)NS(=O)(=O)C6(C)CC6)CC5C=CCCC(C)CC(C)C(NC(=O)OC(C)(C)C(F)(F)F)C(=O)N4C3)cc(OC)nc2c1. The Labute approximate surface area is 341 Å². The minimum absolute atomic E-state index is 0.0463. The first-order valence-corrected chi connectivity index (χ1v) is 21.1. The monoisotopic (exact) mass is 851 g/mol. The molecule has 1 aromatic heterocycles. The Morgan fingerprint density at radius 2 is 1.76 bits per heavy atom. The van der Waals surface area contributed by atoms with Crippen molar-refractivity contribution in [2.24, 2.45) is 17.8 Å². The summed E-state index contributed by atoms with van der Waals surface area (Å²) in [5.41, 5.74) is -4.09. The van der Waals surface area contributed by atoms with Crippen LogP contribution in [0.1, 0.15) is 79.6 Å². The van der Waals surface area contributed by atoms with Crippen LogP contribution in [0, 0.1) is 17.8 Å². The quantitative estimate of drug-likeness (QED) is 0.290. The third kappa shape index (κ3) is 9.04. The Balaban J connectivity index is 1.37. The van der Waals surface area contributed by atoms with Crippen LogP contribution in [-0.2, 0) is 29.1 Å². The zero-order valence-corrected chi connectivity index (χ0v) is 34.9. The summed E-state index contributed by atoms with van der Waals surface area (Å²) in [6.45, 7) is 6.30. The van der Waals surface area contributed by atoms with Gasteiger partial charge in [0.2, 0.25) is 33.3 Å². The summed E-state index contributed by atoms with van der Waals surface area (Å²) in [6.07, 6.45) is -1.43. The Hall–Kier alpha value is -4.81. The number of nitrogens with one attached hydrogen (secondary N) is 3. The topological polar surface area (TPSA) is 192 Å². The number of rotatable bonds is 9. The van der Waals surface area contributed by atoms with E-state index in [0.717, 1.165) is 0 Å². The van der Waals surface area contributed by atoms with E-state index in [1.54, 1.807) is 37.3 Å². The minimum atomic E-state index is -4.92. The molecule has 3 fully saturated rings. The first-order chi connectivity index (χ1) is 27.5. The van der Waals surface area contributed by atoms with Crippen molar-refractivity contribution in [1.29, 1.82) is 0 Å². The molecule has 4 aliphatic rings. The van der Waals surface area contributed by atoms with E-state index >= 15 is 0 Å². The summed E-state index contributed by atoms with van der Waals surface area (Å²) >= 11 is 0. The van der Waals surface area contributed by atoms with Crippen LogP contribution in [0.2, 0.25) is 0 Å². The molecule has 2 aromatic rings. The van der Waals surface area contributed by atoms with E-state index in [1.165, 1.54) is 26.0 Å². The van der Waals surface area contributed by atoms with Gasteiger partial charge < -0.3 is 34.5 Å². The summed E-state index contributed by atoms with van der Waals surface area (Å²) in [4.78, 5) is 62.1. The van der Waals surface area contributed by atoms with E-state index in [1.807, 2.05) is 13.0 Å². The molecule has 1 saturated heterocycles. The number of alkyl halides is 3. The van der Waals surface area contributed by atoms with Gasteiger partial charge in [-0.05, 0) is 83.3 Å². The molecule has 3 heterocycles. The first kappa shape index (κ1) is 43.8. The first-order valence-electron chi connectivity index (χ1n) is 19.6. The summed E-state index contributed by atoms with van der Waals surface area (Å²) in [5, 5.41) is 5.73. The number of pyridine rings is 1. The van der Waals surface area contributed by atoms with Gasteiger partial charge >= 0.3 is 12.3 Å². The van der Waals surface area contributed by atoms with Crippen LogP contribution >= 0.6 is 0 Å². The van der Waals surface area contributed by atoms with Gasteiger partial charge in [0.1, 0.15) is 35.2 Å². The van der Waals surface area contributed by atoms with Gasteiger partial charge in [0.25, 0.3) is 5.91 Å². The van der Waals surface area contributed by atoms with E-state index in [2.05, 4.69) is 20.3 Å². The second-order valence-corrected chi connectivity index (χ2v) is 19.2. The fourth-order valence-electron chi connectivity index (χ4n) is 7.70. The molecule has 0 spiro atoms. The molecule has 0 bridgehead atoms. The van der Waals surface area contributed by atoms with Crippen molar-refractivity contribution in [2.75, 3.05) is 20.8 Å². The molecule has 6 rings (SSSR count). The number of sulfonamides is 1. The third-order valence-electron chi connectivity index (χ3n) is 12.0. The average molecular weight is 852 g/mol. The van der Waals surface area contributed by atoms with E-state index in [9.17, 15) is 40.8 Å². The van der Waals surface area contributed by atoms with Gasteiger partial charge in [-0.15, -0.1) is 0 Å². The molecule has 4 amide bonds. The lowest BCUT2D eigenvalue weighted by Crippen LogP contribution is -2.59. The van der Waals surface area contributed by atoms with Gasteiger partial charge in [0, 0.05) is 29.9 Å². The molecule has 2 aliphatic carbocycles. The van der Waals surface area contributed by atoms with Gasteiger partial charge in [-0.3, -0.25) is 19.1 Å². The molecule has 2 saturated carbocycles. The highest BCUT2D eigenvalue weighted by molar-refractivity contribution is 7.91. The largest absolute Gasteiger partial charge is 0.497 e. The summed E-state index contributed by atoms with van der Waals surface area (Å²) in [5.74, 6) is -2.72. The number of amides is 4. The smallest absolute Gasteiger partial charge is 0.427 e. The van der Waals surface area contributed by atoms with E-state index < -0.39 is 85.9 Å². The second-order valence-electron chi connectivity index (χ2n) is 17.0. The maximum Gasteiger partial charge on any atom is 0.427 e. The Morgan fingerprint density at radius 3 is 2.41 bits per heavy atom. The van der Waals surface area contributed by atoms with Crippen molar-refractivity contribution in [1.82, 2.24) is 25.2 Å². The van der Waals surface area contributed by atoms with Crippen LogP contribution < -0.4 is 29.6 Å². The molecule has 2 aliphatic heterocycles. The zero-order valence-electron chi connectivity index (χ0n) is 34.1. The van der Waals surface area contributed by atoms with E-state index in [-0.39, 0.29) is 31.2 Å². The number of ether oxygens (including phenoxy) is 4. The van der Waals surface area contributed by atoms with Crippen molar-refractivity contribution < 1.29 is 59.7 Å². The molecule has 15 nitrogen and oxygen atoms in total. The normalized spacial score (nSPS) is 28.5. The standard InChI is InChI=1S/C40H52F3N5O10S/c1-22-10-8-9-11-24-20-39(24,35(51)47-59(53,54)38(5)14-15-38)46-33(49)29-18-26(57-30-19-31(56-7)44-28-17-25(55-6)12-13-27(28)30)21-48(29)34(50)32(23(2)16-22)45-36(52)58-37(3,4)40(41,42)43/h9,11-13,17,19,22-24,26,29,32H,8,10,14-16,18,20-21H2,1-7H3,(H,45,52)(H,46,49)(H,47,51). The van der Waals surface area contributed by atoms with Crippen LogP contribution in [0.3, 0.4) is 0 Å². The van der Waals surface area contributed by atoms with E-state index in [4.69, 9.17) is 18.9 Å². The Bertz CT molecular complexity index is 2120. The summed E-state index contributed by atoms with van der Waals surface area (Å²) in [7, 11) is -1.16. The molecule has 19 heteroatoms. The number of aromatic nitrogens is 1. The molecule has 324 valence electrons. The van der Waals surface area contributed by atoms with Gasteiger partial charge in [0.05, 0.1) is 31.0 Å². The number of benzene rings is 1. The van der Waals surface area contributed by atoms with Crippen LogP contribution in [0.5, 0.6) is 17.4 Å². The number of carbonyl (C=O) groups excluding carboxylic acids is 4. The lowest BCUT2D eigenvalue weighted by molar-refractivity contribution is -0.244. The van der Waals surface area contributed by atoms with Crippen LogP contribution in [0.25, 0.3) is 10.9 Å². The van der Waals surface area contributed by atoms with Crippen molar-refractivity contribution in [3.05, 3.63) is 36.4 Å². The lowest BCUT2D eigenvalue weighted by atomic mass is 9.88. The highest BCUT2D eigenvalue weighted by Crippen LogP contribution is 2.48. The third-order valence-corrected chi connectivity index (χ3v) is 14.2. The van der Waals surface area contributed by atoms with Crippen LogP contribution in [0.4, 0.5) is 18.0 Å². The van der Waals surface area contributed by atoms with Crippen LogP contribution in [-0.4, -0.2) is 103 Å². The van der Waals surface area contributed by atoms with Crippen molar-refractivity contribution in [3.63, 3.8) is 0 Å². The molecule has 7 unspecified atom stereocenters. The molecule has 3 N–H and O–H groups in total. The molecule has 7 atom stereocenters. The van der Waals surface area contributed by atoms with Gasteiger partial charge in [-0.2, -0.15) is 13.2 Å². The predicted molar refractivity (Wildman–Crippen MR) is 208 cm³/mol. The minimum Gasteiger partial charge on any atom is -0.497 e. The van der Waals surface area contributed by atoms with Gasteiger partial charge in [-0.1, -0.05) is 26.0 Å². The number of hydrogen-bond donors (Lipinski definition) is 3. The van der Waals surface area contributed by atoms with Crippen molar-refractivity contribution in [2.45, 2.75) is 120 Å². The molecular weight excluding hydrogens is 800 g/mol. The second kappa shape index (κ2) is 16.0. The maximum atomic E-state index is 14.8. The predicted octanol–water partition coefficient (Wildman–Crippen LogP) is 4.92. The van der Waals surface area contributed by atoms with Gasteiger partial charge in [-0.25, -0.2) is 18.2 Å². The average Bonchev–Trinajstić information content (AvgIpc) is 4.04. The maximum absolute atomic E-state index is 14.8. The van der Waals surface area contributed by atoms with Crippen molar-refractivity contribution >= 4 is 44.7 Å². The number of nitrogens with zero attached hydrogens (tertiary/aromatic N) is 2. The fraction of sp³-hybridized carbons (Fsp3) is 0.625. The number of alkyl carbamates (subject to hydrolysis) is 1. The van der Waals surface area contributed by atoms with Crippen LogP contribution in [0.15, 0.2) is 36.4 Å². The summed E-state index contributed by atoms with van der Waals surface area (Å²) < 4.78 is 90.8. The highest BCUT2D eigenvalue weighted by Gasteiger charge is 2.63. The van der Waals surface area contributed by atoms with E-state index in [0.29, 0.717) is 68.4 Å². The lowest BCUT2D eigenvalue weighted by Gasteiger charge is -2.34. The number of carbonyl (C=O) groups is 4. The Kier molecular flexibility index (Phi) is 11.9. The number of allylic oxidation sites excluding steroid dienone is 1. The molecule has 0 radical (unpaired) electrons. The molecule has 59 heavy (non-hydrogen) atoms. The number of methoxy groups -OCH3 is 2. The number of halogens is 3. The summed E-state index contributed by atoms with van der Waals surface area (Å²) in [6, 6.07) is 3.85. The number of hydrogen-bond acceptors (Lipinski definition) is 11. The van der Waals surface area contributed by atoms with Crippen molar-refractivity contribution in [3.8, 4) is 17.4 Å². The highest BCUT2D eigenvalue weighted by atomic mass is 32.2. The fourth-order valence-corrected chi connectivity index (χ4v) is 9.02. The Morgan fingerprint density at radius 1 is 1.05 bits per heavy atom. The zero-order chi connectivity index (χ0) is 43.3.